The first-order valence-electron chi connectivity index (χ1n) is 7.18. The maximum Gasteiger partial charge on any atom is 0.308 e. The van der Waals surface area contributed by atoms with Crippen LogP contribution in [0.15, 0.2) is 0 Å². The molecule has 0 amide bonds. The first kappa shape index (κ1) is 16.8. The van der Waals surface area contributed by atoms with E-state index in [1.807, 2.05) is 13.2 Å². The fraction of sp³-hybridized carbons (Fsp3) is 0.929. The number of aliphatic hydroxyl groups is 1. The standard InChI is InChI=1S/C14H27NO3S/c1-4-18-14(17)11-6-5-7-12(8-11)15-10(2)13(9-16)19-3/h10-13,15-16H,4-9H2,1-3H3. The van der Waals surface area contributed by atoms with Crippen LogP contribution in [0.25, 0.3) is 0 Å². The van der Waals surface area contributed by atoms with Gasteiger partial charge in [-0.2, -0.15) is 11.8 Å². The Kier molecular flexibility index (Phi) is 7.80. The minimum atomic E-state index is -0.0507. The smallest absolute Gasteiger partial charge is 0.308 e. The largest absolute Gasteiger partial charge is 0.466 e. The highest BCUT2D eigenvalue weighted by Gasteiger charge is 2.29. The van der Waals surface area contributed by atoms with E-state index in [-0.39, 0.29) is 29.8 Å². The molecule has 0 aromatic carbocycles. The lowest BCUT2D eigenvalue weighted by Gasteiger charge is -2.32. The van der Waals surface area contributed by atoms with E-state index in [2.05, 4.69) is 12.2 Å². The minimum Gasteiger partial charge on any atom is -0.466 e. The number of aliphatic hydroxyl groups excluding tert-OH is 1. The maximum absolute atomic E-state index is 11.8. The van der Waals surface area contributed by atoms with E-state index >= 15 is 0 Å². The van der Waals surface area contributed by atoms with Gasteiger partial charge in [0.05, 0.1) is 19.1 Å². The molecule has 112 valence electrons. The number of rotatable bonds is 7. The van der Waals surface area contributed by atoms with Gasteiger partial charge < -0.3 is 15.2 Å². The van der Waals surface area contributed by atoms with Crippen molar-refractivity contribution in [1.29, 1.82) is 0 Å². The molecule has 19 heavy (non-hydrogen) atoms. The van der Waals surface area contributed by atoms with Gasteiger partial charge >= 0.3 is 5.97 Å². The first-order chi connectivity index (χ1) is 9.12. The minimum absolute atomic E-state index is 0.0419. The van der Waals surface area contributed by atoms with Gasteiger partial charge in [-0.3, -0.25) is 4.79 Å². The number of esters is 1. The van der Waals surface area contributed by atoms with Crippen molar-refractivity contribution in [2.75, 3.05) is 19.5 Å². The van der Waals surface area contributed by atoms with Crippen LogP contribution in [-0.2, 0) is 9.53 Å². The molecule has 5 heteroatoms. The molecule has 0 heterocycles. The Morgan fingerprint density at radius 2 is 2.26 bits per heavy atom. The first-order valence-corrected chi connectivity index (χ1v) is 8.47. The highest BCUT2D eigenvalue weighted by Crippen LogP contribution is 2.26. The average Bonchev–Trinajstić information content (AvgIpc) is 2.40. The Labute approximate surface area is 120 Å². The highest BCUT2D eigenvalue weighted by molar-refractivity contribution is 7.99. The molecule has 0 spiro atoms. The monoisotopic (exact) mass is 289 g/mol. The molecule has 1 fully saturated rings. The highest BCUT2D eigenvalue weighted by atomic mass is 32.2. The van der Waals surface area contributed by atoms with Crippen LogP contribution >= 0.6 is 11.8 Å². The molecular formula is C14H27NO3S. The second kappa shape index (κ2) is 8.82. The molecule has 0 saturated heterocycles. The summed E-state index contributed by atoms with van der Waals surface area (Å²) >= 11 is 1.68. The SMILES string of the molecule is CCOC(=O)C1CCCC(NC(C)C(CO)SC)C1. The zero-order valence-electron chi connectivity index (χ0n) is 12.2. The zero-order valence-corrected chi connectivity index (χ0v) is 13.0. The number of carbonyl (C=O) groups excluding carboxylic acids is 1. The van der Waals surface area contributed by atoms with E-state index in [0.717, 1.165) is 25.7 Å². The third kappa shape index (κ3) is 5.32. The Morgan fingerprint density at radius 3 is 2.84 bits per heavy atom. The number of thioether (sulfide) groups is 1. The van der Waals surface area contributed by atoms with Crippen LogP contribution in [0.5, 0.6) is 0 Å². The van der Waals surface area contributed by atoms with Crippen molar-refractivity contribution >= 4 is 17.7 Å². The number of ether oxygens (including phenoxy) is 1. The fourth-order valence-corrected chi connectivity index (χ4v) is 3.37. The molecule has 1 rings (SSSR count). The van der Waals surface area contributed by atoms with Gasteiger partial charge in [-0.1, -0.05) is 6.42 Å². The van der Waals surface area contributed by atoms with Crippen molar-refractivity contribution in [3.05, 3.63) is 0 Å². The number of carbonyl (C=O) groups is 1. The van der Waals surface area contributed by atoms with Crippen molar-refractivity contribution in [2.45, 2.75) is 56.9 Å². The van der Waals surface area contributed by atoms with Crippen molar-refractivity contribution in [1.82, 2.24) is 5.32 Å². The molecule has 1 saturated carbocycles. The maximum atomic E-state index is 11.8. The lowest BCUT2D eigenvalue weighted by molar-refractivity contribution is -0.149. The van der Waals surface area contributed by atoms with Crippen molar-refractivity contribution in [3.8, 4) is 0 Å². The fourth-order valence-electron chi connectivity index (χ4n) is 2.73. The molecule has 1 aliphatic rings. The molecule has 0 bridgehead atoms. The van der Waals surface area contributed by atoms with Crippen molar-refractivity contribution in [3.63, 3.8) is 0 Å². The third-order valence-electron chi connectivity index (χ3n) is 3.83. The van der Waals surface area contributed by atoms with Crippen LogP contribution in [0.3, 0.4) is 0 Å². The van der Waals surface area contributed by atoms with Crippen LogP contribution in [-0.4, -0.2) is 47.9 Å². The summed E-state index contributed by atoms with van der Waals surface area (Å²) in [5, 5.41) is 13.1. The van der Waals surface area contributed by atoms with Gasteiger partial charge in [0, 0.05) is 17.3 Å². The Balaban J connectivity index is 2.44. The number of hydrogen-bond acceptors (Lipinski definition) is 5. The Hall–Kier alpha value is -0.260. The summed E-state index contributed by atoms with van der Waals surface area (Å²) < 4.78 is 5.11. The lowest BCUT2D eigenvalue weighted by Crippen LogP contribution is -2.46. The van der Waals surface area contributed by atoms with Crippen molar-refractivity contribution < 1.29 is 14.6 Å². The molecule has 1 aliphatic carbocycles. The molecule has 4 nitrogen and oxygen atoms in total. The summed E-state index contributed by atoms with van der Waals surface area (Å²) in [6.45, 7) is 4.60. The average molecular weight is 289 g/mol. The summed E-state index contributed by atoms with van der Waals surface area (Å²) in [6.07, 6.45) is 5.98. The van der Waals surface area contributed by atoms with Gasteiger partial charge in [0.25, 0.3) is 0 Å². The predicted molar refractivity (Wildman–Crippen MR) is 79.4 cm³/mol. The summed E-state index contributed by atoms with van der Waals surface area (Å²) in [5.74, 6) is -0.00881. The van der Waals surface area contributed by atoms with E-state index in [1.54, 1.807) is 11.8 Å². The summed E-state index contributed by atoms with van der Waals surface area (Å²) in [4.78, 5) is 11.8. The predicted octanol–water partition coefficient (Wildman–Crippen LogP) is 1.81. The van der Waals surface area contributed by atoms with Gasteiger partial charge in [-0.05, 0) is 39.4 Å². The molecule has 4 atom stereocenters. The Morgan fingerprint density at radius 1 is 1.53 bits per heavy atom. The van der Waals surface area contributed by atoms with E-state index in [1.165, 1.54) is 0 Å². The van der Waals surface area contributed by atoms with Crippen LogP contribution in [0.4, 0.5) is 0 Å². The second-order valence-electron chi connectivity index (χ2n) is 5.22. The van der Waals surface area contributed by atoms with Crippen LogP contribution in [0.2, 0.25) is 0 Å². The van der Waals surface area contributed by atoms with Gasteiger partial charge in [0.15, 0.2) is 0 Å². The van der Waals surface area contributed by atoms with Gasteiger partial charge in [0.1, 0.15) is 0 Å². The molecule has 2 N–H and O–H groups in total. The molecule has 0 aromatic heterocycles. The molecule has 0 aliphatic heterocycles. The van der Waals surface area contributed by atoms with Crippen LogP contribution in [0, 0.1) is 5.92 Å². The number of hydrogen-bond donors (Lipinski definition) is 2. The van der Waals surface area contributed by atoms with Crippen molar-refractivity contribution in [2.24, 2.45) is 5.92 Å². The summed E-state index contributed by atoms with van der Waals surface area (Å²) in [5.41, 5.74) is 0. The molecular weight excluding hydrogens is 262 g/mol. The lowest BCUT2D eigenvalue weighted by atomic mass is 9.85. The Bertz CT molecular complexity index is 271. The second-order valence-corrected chi connectivity index (χ2v) is 6.30. The molecule has 0 radical (unpaired) electrons. The quantitative estimate of drug-likeness (QED) is 0.700. The van der Waals surface area contributed by atoms with E-state index in [9.17, 15) is 9.90 Å². The topological polar surface area (TPSA) is 58.6 Å². The van der Waals surface area contributed by atoms with Gasteiger partial charge in [-0.15, -0.1) is 0 Å². The van der Waals surface area contributed by atoms with E-state index in [4.69, 9.17) is 4.74 Å². The van der Waals surface area contributed by atoms with Gasteiger partial charge in [-0.25, -0.2) is 0 Å². The van der Waals surface area contributed by atoms with Crippen LogP contribution < -0.4 is 5.32 Å². The normalized spacial score (nSPS) is 26.7. The molecule has 4 unspecified atom stereocenters. The van der Waals surface area contributed by atoms with Gasteiger partial charge in [0.2, 0.25) is 0 Å². The summed E-state index contributed by atoms with van der Waals surface area (Å²) in [7, 11) is 0. The summed E-state index contributed by atoms with van der Waals surface area (Å²) in [6, 6.07) is 0.616. The van der Waals surface area contributed by atoms with Crippen LogP contribution in [0.1, 0.15) is 39.5 Å². The zero-order chi connectivity index (χ0) is 14.3. The molecule has 0 aromatic rings. The van der Waals surface area contributed by atoms with E-state index in [0.29, 0.717) is 12.6 Å². The third-order valence-corrected chi connectivity index (χ3v) is 5.00. The van der Waals surface area contributed by atoms with E-state index < -0.39 is 0 Å². The number of nitrogens with one attached hydrogen (secondary N) is 1.